The van der Waals surface area contributed by atoms with Crippen molar-refractivity contribution in [2.24, 2.45) is 0 Å². The second-order valence-electron chi connectivity index (χ2n) is 4.83. The predicted molar refractivity (Wildman–Crippen MR) is 85.7 cm³/mol. The van der Waals surface area contributed by atoms with E-state index in [0.29, 0.717) is 11.3 Å². The number of methoxy groups -OCH3 is 1. The van der Waals surface area contributed by atoms with Gasteiger partial charge in [0.05, 0.1) is 10.0 Å². The molecule has 0 N–H and O–H groups in total. The van der Waals surface area contributed by atoms with Crippen molar-refractivity contribution in [3.05, 3.63) is 28.2 Å². The summed E-state index contributed by atoms with van der Waals surface area (Å²) in [5.74, 6) is 0.233. The Balaban J connectivity index is 2.92. The van der Waals surface area contributed by atoms with Crippen molar-refractivity contribution in [3.63, 3.8) is 0 Å². The van der Waals surface area contributed by atoms with E-state index in [1.54, 1.807) is 25.3 Å². The van der Waals surface area contributed by atoms with Crippen molar-refractivity contribution in [1.82, 2.24) is 0 Å². The minimum atomic E-state index is -0.391. The van der Waals surface area contributed by atoms with Crippen LogP contribution in [-0.2, 0) is 9.47 Å². The van der Waals surface area contributed by atoms with Crippen molar-refractivity contribution in [2.45, 2.75) is 45.6 Å². The summed E-state index contributed by atoms with van der Waals surface area (Å²) in [4.78, 5) is 12.3. The zero-order chi connectivity index (χ0) is 15.9. The van der Waals surface area contributed by atoms with E-state index in [1.165, 1.54) is 0 Å². The largest absolute Gasteiger partial charge is 0.466 e. The molecule has 5 heteroatoms. The van der Waals surface area contributed by atoms with Gasteiger partial charge in [0.1, 0.15) is 11.4 Å². The van der Waals surface area contributed by atoms with Gasteiger partial charge in [-0.2, -0.15) is 0 Å². The van der Waals surface area contributed by atoms with E-state index in [2.05, 4.69) is 15.9 Å². The number of ether oxygens (including phenoxy) is 3. The summed E-state index contributed by atoms with van der Waals surface area (Å²) in [7, 11) is 1.55. The number of esters is 1. The van der Waals surface area contributed by atoms with Gasteiger partial charge in [-0.1, -0.05) is 20.8 Å². The van der Waals surface area contributed by atoms with Crippen LogP contribution in [0.3, 0.4) is 0 Å². The van der Waals surface area contributed by atoms with Crippen molar-refractivity contribution in [1.29, 1.82) is 0 Å². The molecule has 0 spiro atoms. The first-order valence-corrected chi connectivity index (χ1v) is 7.95. The van der Waals surface area contributed by atoms with Crippen LogP contribution in [0.4, 0.5) is 0 Å². The molecule has 1 rings (SSSR count). The molecule has 0 aliphatic rings. The van der Waals surface area contributed by atoms with E-state index in [-0.39, 0.29) is 12.8 Å². The summed E-state index contributed by atoms with van der Waals surface area (Å²) in [6, 6.07) is 5.15. The summed E-state index contributed by atoms with van der Waals surface area (Å²) in [6.07, 6.45) is 2.40. The molecule has 0 aliphatic carbocycles. The van der Waals surface area contributed by atoms with Crippen molar-refractivity contribution >= 4 is 21.9 Å². The number of hydrogen-bond acceptors (Lipinski definition) is 4. The van der Waals surface area contributed by atoms with Crippen LogP contribution >= 0.6 is 15.9 Å². The van der Waals surface area contributed by atoms with E-state index in [4.69, 9.17) is 14.2 Å². The average molecular weight is 359 g/mol. The summed E-state index contributed by atoms with van der Waals surface area (Å²) < 4.78 is 16.8. The van der Waals surface area contributed by atoms with Crippen LogP contribution < -0.4 is 4.74 Å². The van der Waals surface area contributed by atoms with Gasteiger partial charge in [0.2, 0.25) is 0 Å². The lowest BCUT2D eigenvalue weighted by Crippen LogP contribution is -2.33. The van der Waals surface area contributed by atoms with Gasteiger partial charge in [-0.05, 0) is 53.4 Å². The average Bonchev–Trinajstić information content (AvgIpc) is 2.51. The van der Waals surface area contributed by atoms with Crippen LogP contribution in [0.1, 0.15) is 50.4 Å². The van der Waals surface area contributed by atoms with Gasteiger partial charge in [0.15, 0.2) is 6.79 Å². The Kier molecular flexibility index (Phi) is 7.18. The fourth-order valence-corrected chi connectivity index (χ4v) is 2.45. The molecule has 21 heavy (non-hydrogen) atoms. The highest BCUT2D eigenvalue weighted by Gasteiger charge is 2.29. The number of rotatable bonds is 8. The van der Waals surface area contributed by atoms with E-state index >= 15 is 0 Å². The highest BCUT2D eigenvalue weighted by molar-refractivity contribution is 9.10. The number of halogens is 1. The number of benzene rings is 1. The van der Waals surface area contributed by atoms with Crippen molar-refractivity contribution < 1.29 is 19.0 Å². The zero-order valence-corrected chi connectivity index (χ0v) is 14.7. The third-order valence-corrected chi connectivity index (χ3v) is 4.40. The first kappa shape index (κ1) is 18.0. The lowest BCUT2D eigenvalue weighted by atomic mass is 9.94. The fourth-order valence-electron chi connectivity index (χ4n) is 2.09. The third-order valence-electron chi connectivity index (χ3n) is 3.74. The molecule has 0 saturated heterocycles. The molecular weight excluding hydrogens is 336 g/mol. The van der Waals surface area contributed by atoms with E-state index in [9.17, 15) is 4.79 Å². The molecule has 0 fully saturated rings. The second-order valence-corrected chi connectivity index (χ2v) is 5.68. The molecule has 0 amide bonds. The topological polar surface area (TPSA) is 44.8 Å². The Hall–Kier alpha value is -1.07. The van der Waals surface area contributed by atoms with E-state index < -0.39 is 5.60 Å². The molecule has 0 atom stereocenters. The second kappa shape index (κ2) is 8.39. The smallest absolute Gasteiger partial charge is 0.338 e. The lowest BCUT2D eigenvalue weighted by Gasteiger charge is -2.30. The minimum Gasteiger partial charge on any atom is -0.466 e. The molecular formula is C16H23BrO4. The van der Waals surface area contributed by atoms with Crippen molar-refractivity contribution in [3.8, 4) is 5.75 Å². The van der Waals surface area contributed by atoms with E-state index in [0.717, 1.165) is 23.7 Å². The first-order chi connectivity index (χ1) is 10.0. The maximum Gasteiger partial charge on any atom is 0.338 e. The van der Waals surface area contributed by atoms with Crippen molar-refractivity contribution in [2.75, 3.05) is 13.9 Å². The summed E-state index contributed by atoms with van der Waals surface area (Å²) in [5.41, 5.74) is 0.0848. The van der Waals surface area contributed by atoms with Crippen LogP contribution in [0.25, 0.3) is 0 Å². The highest BCUT2D eigenvalue weighted by Crippen LogP contribution is 2.29. The van der Waals surface area contributed by atoms with E-state index in [1.807, 2.05) is 20.8 Å². The molecule has 0 unspecified atom stereocenters. The van der Waals surface area contributed by atoms with Gasteiger partial charge in [-0.25, -0.2) is 4.79 Å². The predicted octanol–water partition coefficient (Wildman–Crippen LogP) is 4.56. The monoisotopic (exact) mass is 358 g/mol. The summed E-state index contributed by atoms with van der Waals surface area (Å²) >= 11 is 3.38. The van der Waals surface area contributed by atoms with Gasteiger partial charge in [0.25, 0.3) is 0 Å². The third kappa shape index (κ3) is 4.71. The van der Waals surface area contributed by atoms with Crippen LogP contribution in [0, 0.1) is 0 Å². The fraction of sp³-hybridized carbons (Fsp3) is 0.562. The standard InChI is InChI=1S/C16H23BrO4/c1-5-16(6-2,7-3)21-15(18)12-8-9-13(17)14(10-12)20-11-19-4/h8-10H,5-7,11H2,1-4H3. The molecule has 4 nitrogen and oxygen atoms in total. The molecule has 118 valence electrons. The lowest BCUT2D eigenvalue weighted by molar-refractivity contribution is -0.0250. The van der Waals surface area contributed by atoms with Crippen LogP contribution in [-0.4, -0.2) is 25.5 Å². The molecule has 0 aromatic heterocycles. The molecule has 1 aromatic rings. The maximum absolute atomic E-state index is 12.3. The Bertz CT molecular complexity index is 461. The van der Waals surface area contributed by atoms with Gasteiger partial charge < -0.3 is 14.2 Å². The molecule has 0 bridgehead atoms. The Labute approximate surface area is 134 Å². The van der Waals surface area contributed by atoms with Gasteiger partial charge in [0, 0.05) is 7.11 Å². The molecule has 0 heterocycles. The quantitative estimate of drug-likeness (QED) is 0.504. The minimum absolute atomic E-state index is 0.125. The molecule has 0 aliphatic heterocycles. The zero-order valence-electron chi connectivity index (χ0n) is 13.1. The number of hydrogen-bond donors (Lipinski definition) is 0. The number of carbonyl (C=O) groups excluding carboxylic acids is 1. The SMILES string of the molecule is CCC(CC)(CC)OC(=O)c1ccc(Br)c(OCOC)c1. The Morgan fingerprint density at radius 3 is 2.33 bits per heavy atom. The molecule has 0 radical (unpaired) electrons. The van der Waals surface area contributed by atoms with Crippen LogP contribution in [0.5, 0.6) is 5.75 Å². The van der Waals surface area contributed by atoms with Crippen LogP contribution in [0.15, 0.2) is 22.7 Å². The highest BCUT2D eigenvalue weighted by atomic mass is 79.9. The molecule has 0 saturated carbocycles. The molecule has 1 aromatic carbocycles. The normalized spacial score (nSPS) is 11.3. The van der Waals surface area contributed by atoms with Gasteiger partial charge in [-0.3, -0.25) is 0 Å². The Morgan fingerprint density at radius 1 is 1.19 bits per heavy atom. The van der Waals surface area contributed by atoms with Gasteiger partial charge in [-0.15, -0.1) is 0 Å². The number of carbonyl (C=O) groups is 1. The van der Waals surface area contributed by atoms with Gasteiger partial charge >= 0.3 is 5.97 Å². The summed E-state index contributed by atoms with van der Waals surface area (Å²) in [5, 5.41) is 0. The first-order valence-electron chi connectivity index (χ1n) is 7.16. The Morgan fingerprint density at radius 2 is 1.81 bits per heavy atom. The maximum atomic E-state index is 12.3. The van der Waals surface area contributed by atoms with Crippen LogP contribution in [0.2, 0.25) is 0 Å². The summed E-state index contributed by atoms with van der Waals surface area (Å²) in [6.45, 7) is 6.24.